The number of rotatable bonds is 4. The Balaban J connectivity index is 1.92. The Kier molecular flexibility index (Phi) is 3.93. The number of carboxylic acids is 1. The first-order chi connectivity index (χ1) is 8.49. The number of nitrogens with zero attached hydrogens (tertiary/aromatic N) is 1. The zero-order valence-corrected chi connectivity index (χ0v) is 11.4. The van der Waals surface area contributed by atoms with Gasteiger partial charge in [0.25, 0.3) is 0 Å². The highest BCUT2D eigenvalue weighted by atomic mass is 35.5. The number of aliphatic carboxylic acids is 1. The van der Waals surface area contributed by atoms with Crippen LogP contribution in [-0.2, 0) is 4.79 Å². The number of halogens is 1. The van der Waals surface area contributed by atoms with E-state index in [2.05, 4.69) is 11.8 Å². The maximum Gasteiger partial charge on any atom is 0.306 e. The molecule has 0 amide bonds. The molecule has 2 rings (SSSR count). The van der Waals surface area contributed by atoms with Crippen LogP contribution in [0.4, 0.5) is 0 Å². The second-order valence-electron chi connectivity index (χ2n) is 5.07. The Morgan fingerprint density at radius 3 is 2.39 bits per heavy atom. The second kappa shape index (κ2) is 5.29. The SMILES string of the molecule is CC(C(=O)O)C1CN(C(C)c2ccc(Cl)cc2)C1. The predicted octanol–water partition coefficient (Wildman–Crippen LogP) is 3.05. The average Bonchev–Trinajstić information content (AvgIpc) is 2.27. The molecule has 1 aromatic rings. The van der Waals surface area contributed by atoms with Crippen LogP contribution in [0.1, 0.15) is 25.5 Å². The Morgan fingerprint density at radius 1 is 1.33 bits per heavy atom. The smallest absolute Gasteiger partial charge is 0.306 e. The fraction of sp³-hybridized carbons (Fsp3) is 0.500. The molecule has 1 fully saturated rings. The number of carboxylic acid groups (broad SMARTS) is 1. The molecule has 0 radical (unpaired) electrons. The molecule has 4 heteroatoms. The van der Waals surface area contributed by atoms with Gasteiger partial charge in [-0.15, -0.1) is 0 Å². The van der Waals surface area contributed by atoms with Gasteiger partial charge in [0.2, 0.25) is 0 Å². The fourth-order valence-corrected chi connectivity index (χ4v) is 2.46. The highest BCUT2D eigenvalue weighted by molar-refractivity contribution is 6.30. The van der Waals surface area contributed by atoms with Crippen molar-refractivity contribution in [3.05, 3.63) is 34.9 Å². The van der Waals surface area contributed by atoms with E-state index in [4.69, 9.17) is 16.7 Å². The molecule has 1 heterocycles. The first-order valence-corrected chi connectivity index (χ1v) is 6.59. The molecule has 0 bridgehead atoms. The molecule has 1 aromatic carbocycles. The first-order valence-electron chi connectivity index (χ1n) is 6.21. The van der Waals surface area contributed by atoms with Gasteiger partial charge in [-0.25, -0.2) is 0 Å². The second-order valence-corrected chi connectivity index (χ2v) is 5.50. The van der Waals surface area contributed by atoms with Gasteiger partial charge in [0.15, 0.2) is 0 Å². The summed E-state index contributed by atoms with van der Waals surface area (Å²) in [5.74, 6) is -0.672. The van der Waals surface area contributed by atoms with Crippen molar-refractivity contribution >= 4 is 17.6 Å². The fourth-order valence-electron chi connectivity index (χ4n) is 2.34. The summed E-state index contributed by atoms with van der Waals surface area (Å²) in [5.41, 5.74) is 1.22. The Labute approximate surface area is 112 Å². The zero-order valence-electron chi connectivity index (χ0n) is 10.6. The molecule has 18 heavy (non-hydrogen) atoms. The topological polar surface area (TPSA) is 40.5 Å². The van der Waals surface area contributed by atoms with Gasteiger partial charge in [-0.3, -0.25) is 9.69 Å². The van der Waals surface area contributed by atoms with Gasteiger partial charge in [-0.2, -0.15) is 0 Å². The maximum atomic E-state index is 10.9. The van der Waals surface area contributed by atoms with Gasteiger partial charge < -0.3 is 5.11 Å². The van der Waals surface area contributed by atoms with Crippen LogP contribution in [0.3, 0.4) is 0 Å². The molecule has 3 nitrogen and oxygen atoms in total. The van der Waals surface area contributed by atoms with E-state index >= 15 is 0 Å². The summed E-state index contributed by atoms with van der Waals surface area (Å²) in [6.07, 6.45) is 0. The van der Waals surface area contributed by atoms with E-state index in [0.29, 0.717) is 6.04 Å². The van der Waals surface area contributed by atoms with Gasteiger partial charge in [0.05, 0.1) is 5.92 Å². The molecule has 1 N–H and O–H groups in total. The van der Waals surface area contributed by atoms with Crippen LogP contribution < -0.4 is 0 Å². The minimum absolute atomic E-state index is 0.251. The Morgan fingerprint density at radius 2 is 1.89 bits per heavy atom. The van der Waals surface area contributed by atoms with E-state index in [1.807, 2.05) is 24.3 Å². The number of benzene rings is 1. The van der Waals surface area contributed by atoms with Crippen LogP contribution in [0, 0.1) is 11.8 Å². The van der Waals surface area contributed by atoms with Gasteiger partial charge in [0, 0.05) is 24.2 Å². The van der Waals surface area contributed by atoms with Crippen LogP contribution >= 0.6 is 11.6 Å². The van der Waals surface area contributed by atoms with Crippen LogP contribution in [0.25, 0.3) is 0 Å². The summed E-state index contributed by atoms with van der Waals surface area (Å²) in [4.78, 5) is 13.2. The number of likely N-dealkylation sites (tertiary alicyclic amines) is 1. The minimum Gasteiger partial charge on any atom is -0.481 e. The molecular weight excluding hydrogens is 250 g/mol. The van der Waals surface area contributed by atoms with E-state index in [-0.39, 0.29) is 11.8 Å². The summed E-state index contributed by atoms with van der Waals surface area (Å²) >= 11 is 5.86. The standard InChI is InChI=1S/C14H18ClNO2/c1-9(14(17)18)12-7-16(8-12)10(2)11-3-5-13(15)6-4-11/h3-6,9-10,12H,7-8H2,1-2H3,(H,17,18). The van der Waals surface area contributed by atoms with E-state index in [1.54, 1.807) is 6.92 Å². The number of hydrogen-bond donors (Lipinski definition) is 1. The molecule has 1 aliphatic rings. The van der Waals surface area contributed by atoms with E-state index in [9.17, 15) is 4.79 Å². The molecule has 1 saturated heterocycles. The van der Waals surface area contributed by atoms with Crippen molar-refractivity contribution in [1.82, 2.24) is 4.90 Å². The molecule has 0 aliphatic carbocycles. The molecule has 1 aliphatic heterocycles. The van der Waals surface area contributed by atoms with Crippen molar-refractivity contribution in [3.8, 4) is 0 Å². The van der Waals surface area contributed by atoms with Crippen LogP contribution in [0.2, 0.25) is 5.02 Å². The first kappa shape index (κ1) is 13.4. The minimum atomic E-state index is -0.696. The lowest BCUT2D eigenvalue weighted by atomic mass is 9.85. The largest absolute Gasteiger partial charge is 0.481 e. The molecule has 2 unspecified atom stereocenters. The van der Waals surface area contributed by atoms with E-state index in [0.717, 1.165) is 18.1 Å². The molecule has 0 saturated carbocycles. The third-order valence-corrected chi connectivity index (χ3v) is 4.19. The number of carbonyl (C=O) groups is 1. The van der Waals surface area contributed by atoms with E-state index < -0.39 is 5.97 Å². The summed E-state index contributed by atoms with van der Waals surface area (Å²) in [5, 5.41) is 9.70. The predicted molar refractivity (Wildman–Crippen MR) is 71.7 cm³/mol. The maximum absolute atomic E-state index is 10.9. The molecular formula is C14H18ClNO2. The lowest BCUT2D eigenvalue weighted by Gasteiger charge is -2.45. The van der Waals surface area contributed by atoms with Crippen LogP contribution in [0.15, 0.2) is 24.3 Å². The van der Waals surface area contributed by atoms with E-state index in [1.165, 1.54) is 5.56 Å². The van der Waals surface area contributed by atoms with Crippen LogP contribution in [-0.4, -0.2) is 29.1 Å². The molecule has 98 valence electrons. The van der Waals surface area contributed by atoms with Crippen molar-refractivity contribution < 1.29 is 9.90 Å². The average molecular weight is 268 g/mol. The highest BCUT2D eigenvalue weighted by Crippen LogP contribution is 2.32. The van der Waals surface area contributed by atoms with Crippen molar-refractivity contribution in [3.63, 3.8) is 0 Å². The van der Waals surface area contributed by atoms with Crippen molar-refractivity contribution in [2.24, 2.45) is 11.8 Å². The normalized spacial score (nSPS) is 20.2. The number of hydrogen-bond acceptors (Lipinski definition) is 2. The highest BCUT2D eigenvalue weighted by Gasteiger charge is 2.36. The Bertz CT molecular complexity index is 426. The molecule has 2 atom stereocenters. The van der Waals surface area contributed by atoms with Gasteiger partial charge in [0.1, 0.15) is 0 Å². The van der Waals surface area contributed by atoms with Crippen molar-refractivity contribution in [2.75, 3.05) is 13.1 Å². The third kappa shape index (κ3) is 2.68. The summed E-state index contributed by atoms with van der Waals surface area (Å²) in [7, 11) is 0. The summed E-state index contributed by atoms with van der Waals surface area (Å²) < 4.78 is 0. The van der Waals surface area contributed by atoms with Gasteiger partial charge >= 0.3 is 5.97 Å². The Hall–Kier alpha value is -1.06. The summed E-state index contributed by atoms with van der Waals surface area (Å²) in [6.45, 7) is 5.65. The monoisotopic (exact) mass is 267 g/mol. The lowest BCUT2D eigenvalue weighted by Crippen LogP contribution is -2.51. The quantitative estimate of drug-likeness (QED) is 0.912. The van der Waals surface area contributed by atoms with Crippen LogP contribution in [0.5, 0.6) is 0 Å². The third-order valence-electron chi connectivity index (χ3n) is 3.93. The van der Waals surface area contributed by atoms with Crippen molar-refractivity contribution in [2.45, 2.75) is 19.9 Å². The summed E-state index contributed by atoms with van der Waals surface area (Å²) in [6, 6.07) is 8.16. The van der Waals surface area contributed by atoms with Gasteiger partial charge in [-0.05, 0) is 30.5 Å². The molecule has 0 aromatic heterocycles. The lowest BCUT2D eigenvalue weighted by molar-refractivity contribution is -0.146. The van der Waals surface area contributed by atoms with Crippen molar-refractivity contribution in [1.29, 1.82) is 0 Å². The van der Waals surface area contributed by atoms with Gasteiger partial charge in [-0.1, -0.05) is 30.7 Å². The zero-order chi connectivity index (χ0) is 13.3. The molecule has 0 spiro atoms.